The van der Waals surface area contributed by atoms with Crippen LogP contribution in [0.4, 0.5) is 0 Å². The van der Waals surface area contributed by atoms with Crippen molar-refractivity contribution < 1.29 is 19.1 Å². The average molecular weight is 386 g/mol. The molecule has 152 valence electrons. The molecule has 0 bridgehead atoms. The zero-order valence-electron chi connectivity index (χ0n) is 16.6. The lowest BCUT2D eigenvalue weighted by molar-refractivity contribution is -0.146. The summed E-state index contributed by atoms with van der Waals surface area (Å²) in [6.07, 6.45) is 6.79. The van der Waals surface area contributed by atoms with E-state index in [0.717, 1.165) is 31.2 Å². The largest absolute Gasteiger partial charge is 0.469 e. The molecule has 2 aliphatic rings. The molecule has 0 aromatic heterocycles. The zero-order valence-corrected chi connectivity index (χ0v) is 16.6. The van der Waals surface area contributed by atoms with Crippen LogP contribution in [0.25, 0.3) is 0 Å². The Labute approximate surface area is 166 Å². The van der Waals surface area contributed by atoms with Gasteiger partial charge in [0.1, 0.15) is 0 Å². The molecule has 6 heteroatoms. The Morgan fingerprint density at radius 2 is 1.61 bits per heavy atom. The summed E-state index contributed by atoms with van der Waals surface area (Å²) in [5, 5.41) is 3.02. The third-order valence-corrected chi connectivity index (χ3v) is 5.96. The zero-order chi connectivity index (χ0) is 19.9. The Hall–Kier alpha value is -2.37. The van der Waals surface area contributed by atoms with E-state index in [4.69, 9.17) is 4.74 Å². The Morgan fingerprint density at radius 3 is 2.21 bits per heavy atom. The van der Waals surface area contributed by atoms with E-state index in [-0.39, 0.29) is 29.6 Å². The minimum Gasteiger partial charge on any atom is -0.469 e. The smallest absolute Gasteiger partial charge is 0.308 e. The van der Waals surface area contributed by atoms with Gasteiger partial charge in [0.05, 0.1) is 13.0 Å². The van der Waals surface area contributed by atoms with Gasteiger partial charge in [0.15, 0.2) is 0 Å². The van der Waals surface area contributed by atoms with E-state index in [1.807, 2.05) is 24.3 Å². The van der Waals surface area contributed by atoms with E-state index in [1.165, 1.54) is 13.5 Å². The fraction of sp³-hybridized carbons (Fsp3) is 0.591. The molecule has 1 saturated heterocycles. The highest BCUT2D eigenvalue weighted by atomic mass is 16.5. The number of hydrogen-bond donors (Lipinski definition) is 1. The first-order valence-corrected chi connectivity index (χ1v) is 10.3. The third-order valence-electron chi connectivity index (χ3n) is 5.96. The van der Waals surface area contributed by atoms with Gasteiger partial charge < -0.3 is 15.0 Å². The van der Waals surface area contributed by atoms with Crippen LogP contribution in [0.1, 0.15) is 60.9 Å². The minimum absolute atomic E-state index is 0.0129. The van der Waals surface area contributed by atoms with Gasteiger partial charge in [-0.3, -0.25) is 14.4 Å². The predicted molar refractivity (Wildman–Crippen MR) is 106 cm³/mol. The highest BCUT2D eigenvalue weighted by Crippen LogP contribution is 2.24. The lowest BCUT2D eigenvalue weighted by atomic mass is 9.88. The Balaban J connectivity index is 1.48. The van der Waals surface area contributed by atoms with Crippen LogP contribution in [-0.4, -0.2) is 42.9 Å². The Kier molecular flexibility index (Phi) is 7.06. The molecule has 2 fully saturated rings. The number of likely N-dealkylation sites (tertiary alicyclic amines) is 1. The topological polar surface area (TPSA) is 75.7 Å². The molecular weight excluding hydrogens is 356 g/mol. The van der Waals surface area contributed by atoms with E-state index in [2.05, 4.69) is 5.32 Å². The minimum atomic E-state index is -0.188. The van der Waals surface area contributed by atoms with Crippen molar-refractivity contribution in [3.8, 4) is 0 Å². The normalized spacial score (nSPS) is 18.5. The van der Waals surface area contributed by atoms with Gasteiger partial charge in [-0.2, -0.15) is 0 Å². The molecule has 1 heterocycles. The molecule has 1 aromatic carbocycles. The quantitative estimate of drug-likeness (QED) is 0.790. The second kappa shape index (κ2) is 9.71. The maximum atomic E-state index is 12.7. The fourth-order valence-electron chi connectivity index (χ4n) is 4.13. The molecule has 6 nitrogen and oxygen atoms in total. The lowest BCUT2D eigenvalue weighted by Crippen LogP contribution is -2.40. The molecule has 28 heavy (non-hydrogen) atoms. The van der Waals surface area contributed by atoms with Gasteiger partial charge in [-0.25, -0.2) is 0 Å². The number of piperidine rings is 1. The highest BCUT2D eigenvalue weighted by molar-refractivity contribution is 5.94. The van der Waals surface area contributed by atoms with Crippen LogP contribution < -0.4 is 5.32 Å². The number of methoxy groups -OCH3 is 1. The number of nitrogens with one attached hydrogen (secondary N) is 1. The van der Waals surface area contributed by atoms with Crippen molar-refractivity contribution in [1.29, 1.82) is 0 Å². The van der Waals surface area contributed by atoms with Crippen molar-refractivity contribution in [2.75, 3.05) is 20.2 Å². The number of nitrogens with zero attached hydrogens (tertiary/aromatic N) is 1. The lowest BCUT2D eigenvalue weighted by Gasteiger charge is -2.30. The maximum absolute atomic E-state index is 12.7. The van der Waals surface area contributed by atoms with Gasteiger partial charge >= 0.3 is 5.97 Å². The van der Waals surface area contributed by atoms with Crippen LogP contribution >= 0.6 is 0 Å². The molecule has 1 N–H and O–H groups in total. The SMILES string of the molecule is COC(=O)C1CCN(C(=O)c2ccc(CNC(=O)C3CCCCC3)cc2)CC1. The number of carbonyl (C=O) groups is 3. The second-order valence-electron chi connectivity index (χ2n) is 7.84. The van der Waals surface area contributed by atoms with Crippen LogP contribution in [-0.2, 0) is 20.9 Å². The van der Waals surface area contributed by atoms with Crippen LogP contribution in [0.5, 0.6) is 0 Å². The maximum Gasteiger partial charge on any atom is 0.308 e. The summed E-state index contributed by atoms with van der Waals surface area (Å²) in [6.45, 7) is 1.63. The number of ether oxygens (including phenoxy) is 1. The molecule has 2 amide bonds. The van der Waals surface area contributed by atoms with Gasteiger partial charge in [0.25, 0.3) is 5.91 Å². The van der Waals surface area contributed by atoms with Crippen molar-refractivity contribution in [3.05, 3.63) is 35.4 Å². The molecule has 0 spiro atoms. The fourth-order valence-corrected chi connectivity index (χ4v) is 4.13. The van der Waals surface area contributed by atoms with Gasteiger partial charge in [0, 0.05) is 31.1 Å². The second-order valence-corrected chi connectivity index (χ2v) is 7.84. The summed E-state index contributed by atoms with van der Waals surface area (Å²) in [4.78, 5) is 38.3. The van der Waals surface area contributed by atoms with Crippen molar-refractivity contribution in [2.45, 2.75) is 51.5 Å². The number of hydrogen-bond acceptors (Lipinski definition) is 4. The standard InChI is InChI=1S/C22H30N2O4/c1-28-22(27)19-11-13-24(14-12-19)21(26)18-9-7-16(8-10-18)15-23-20(25)17-5-3-2-4-6-17/h7-10,17,19H,2-6,11-15H2,1H3,(H,23,25). The van der Waals surface area contributed by atoms with Crippen molar-refractivity contribution in [1.82, 2.24) is 10.2 Å². The van der Waals surface area contributed by atoms with E-state index in [9.17, 15) is 14.4 Å². The summed E-state index contributed by atoms with van der Waals surface area (Å²) in [6, 6.07) is 7.43. The third kappa shape index (κ3) is 5.12. The highest BCUT2D eigenvalue weighted by Gasteiger charge is 2.28. The summed E-state index contributed by atoms with van der Waals surface area (Å²) in [7, 11) is 1.40. The first-order chi connectivity index (χ1) is 13.6. The first-order valence-electron chi connectivity index (χ1n) is 10.3. The number of carbonyl (C=O) groups excluding carboxylic acids is 3. The number of esters is 1. The summed E-state index contributed by atoms with van der Waals surface area (Å²) >= 11 is 0. The van der Waals surface area contributed by atoms with Gasteiger partial charge in [-0.1, -0.05) is 31.4 Å². The molecule has 1 aliphatic carbocycles. The van der Waals surface area contributed by atoms with Crippen molar-refractivity contribution in [3.63, 3.8) is 0 Å². The first kappa shape index (κ1) is 20.4. The number of benzene rings is 1. The number of rotatable bonds is 5. The van der Waals surface area contributed by atoms with Crippen LogP contribution in [0.3, 0.4) is 0 Å². The monoisotopic (exact) mass is 386 g/mol. The van der Waals surface area contributed by atoms with E-state index >= 15 is 0 Å². The molecule has 1 aromatic rings. The molecular formula is C22H30N2O4. The predicted octanol–water partition coefficient (Wildman–Crippen LogP) is 2.91. The van der Waals surface area contributed by atoms with E-state index in [1.54, 1.807) is 4.90 Å². The number of amides is 2. The van der Waals surface area contributed by atoms with Gasteiger partial charge in [-0.05, 0) is 43.4 Å². The molecule has 0 radical (unpaired) electrons. The molecule has 0 unspecified atom stereocenters. The molecule has 0 atom stereocenters. The van der Waals surface area contributed by atoms with Gasteiger partial charge in [-0.15, -0.1) is 0 Å². The molecule has 1 saturated carbocycles. The average Bonchev–Trinajstić information content (AvgIpc) is 2.77. The van der Waals surface area contributed by atoms with Crippen molar-refractivity contribution in [2.24, 2.45) is 11.8 Å². The Morgan fingerprint density at radius 1 is 0.964 bits per heavy atom. The van der Waals surface area contributed by atoms with Crippen LogP contribution in [0.15, 0.2) is 24.3 Å². The molecule has 1 aliphatic heterocycles. The van der Waals surface area contributed by atoms with E-state index < -0.39 is 0 Å². The summed E-state index contributed by atoms with van der Waals surface area (Å²) < 4.78 is 4.79. The Bertz CT molecular complexity index is 687. The van der Waals surface area contributed by atoms with Crippen molar-refractivity contribution >= 4 is 17.8 Å². The summed E-state index contributed by atoms with van der Waals surface area (Å²) in [5.74, 6) is -0.00659. The van der Waals surface area contributed by atoms with E-state index in [0.29, 0.717) is 38.0 Å². The van der Waals surface area contributed by atoms with Crippen LogP contribution in [0, 0.1) is 11.8 Å². The van der Waals surface area contributed by atoms with Crippen LogP contribution in [0.2, 0.25) is 0 Å². The molecule has 3 rings (SSSR count). The summed E-state index contributed by atoms with van der Waals surface area (Å²) in [5.41, 5.74) is 1.63. The van der Waals surface area contributed by atoms with Gasteiger partial charge in [0.2, 0.25) is 5.91 Å².